The summed E-state index contributed by atoms with van der Waals surface area (Å²) in [5.74, 6) is 1.88. The molecule has 3 aromatic rings. The summed E-state index contributed by atoms with van der Waals surface area (Å²) in [6.45, 7) is 0. The number of hydrogen-bond acceptors (Lipinski definition) is 1. The molecule has 19 heavy (non-hydrogen) atoms. The Bertz CT molecular complexity index is 766. The Balaban J connectivity index is 2.42. The first-order valence-corrected chi connectivity index (χ1v) is 6.18. The monoisotopic (exact) mass is 244 g/mol. The van der Waals surface area contributed by atoms with E-state index in [-0.39, 0.29) is 0 Å². The predicted octanol–water partition coefficient (Wildman–Crippen LogP) is 4.35. The first kappa shape index (κ1) is 11.5. The molecule has 0 aromatic heterocycles. The molecule has 1 heteroatoms. The zero-order valence-electron chi connectivity index (χ0n) is 10.3. The molecule has 3 rings (SSSR count). The van der Waals surface area contributed by atoms with Crippen molar-refractivity contribution in [3.8, 4) is 11.1 Å². The fourth-order valence-electron chi connectivity index (χ4n) is 2.40. The van der Waals surface area contributed by atoms with Gasteiger partial charge in [-0.2, -0.15) is 0 Å². The summed E-state index contributed by atoms with van der Waals surface area (Å²) in [6, 6.07) is 22.3. The van der Waals surface area contributed by atoms with Crippen molar-refractivity contribution in [1.29, 1.82) is 0 Å². The molecular formula is C18H12O. The van der Waals surface area contributed by atoms with Gasteiger partial charge in [0.15, 0.2) is 0 Å². The number of carbonyl (C=O) groups excluding carboxylic acids is 1. The van der Waals surface area contributed by atoms with Crippen LogP contribution in [-0.4, -0.2) is 5.94 Å². The third kappa shape index (κ3) is 2.08. The van der Waals surface area contributed by atoms with Crippen LogP contribution in [0.5, 0.6) is 0 Å². The van der Waals surface area contributed by atoms with Crippen LogP contribution < -0.4 is 0 Å². The minimum absolute atomic E-state index is 0.903. The molecule has 0 heterocycles. The van der Waals surface area contributed by atoms with Crippen LogP contribution in [0, 0.1) is 0 Å². The molecule has 0 saturated heterocycles. The van der Waals surface area contributed by atoms with Gasteiger partial charge in [-0.3, -0.25) is 0 Å². The van der Waals surface area contributed by atoms with Crippen molar-refractivity contribution in [2.24, 2.45) is 0 Å². The molecule has 0 saturated carbocycles. The number of fused-ring (bicyclic) bond motifs is 1. The van der Waals surface area contributed by atoms with Gasteiger partial charge in [-0.05, 0) is 27.5 Å². The zero-order chi connectivity index (χ0) is 13.1. The molecule has 0 aliphatic heterocycles. The third-order valence-corrected chi connectivity index (χ3v) is 3.24. The average Bonchev–Trinajstić information content (AvgIpc) is 2.48. The molecule has 0 fully saturated rings. The summed E-state index contributed by atoms with van der Waals surface area (Å²) < 4.78 is 0. The second kappa shape index (κ2) is 4.93. The van der Waals surface area contributed by atoms with Gasteiger partial charge in [0.1, 0.15) is 5.94 Å². The van der Waals surface area contributed by atoms with Crippen molar-refractivity contribution in [2.75, 3.05) is 0 Å². The van der Waals surface area contributed by atoms with E-state index in [9.17, 15) is 4.79 Å². The highest BCUT2D eigenvalue weighted by atomic mass is 16.1. The first-order chi connectivity index (χ1) is 9.40. The second-order valence-corrected chi connectivity index (χ2v) is 4.38. The molecule has 0 N–H and O–H groups in total. The van der Waals surface area contributed by atoms with Gasteiger partial charge in [0.05, 0.1) is 0 Å². The molecule has 0 unspecified atom stereocenters. The van der Waals surface area contributed by atoms with E-state index in [0.29, 0.717) is 0 Å². The van der Waals surface area contributed by atoms with Crippen LogP contribution in [0.2, 0.25) is 0 Å². The van der Waals surface area contributed by atoms with Crippen molar-refractivity contribution in [2.45, 2.75) is 0 Å². The molecule has 0 radical (unpaired) electrons. The standard InChI is InChI=1S/C18H12O/c19-13-12-16-11-10-14-6-4-5-9-17(14)18(16)15-7-2-1-3-8-15/h1-12H. The van der Waals surface area contributed by atoms with Crippen LogP contribution in [-0.2, 0) is 4.79 Å². The average molecular weight is 244 g/mol. The van der Waals surface area contributed by atoms with Crippen LogP contribution >= 0.6 is 0 Å². The molecule has 0 amide bonds. The summed E-state index contributed by atoms with van der Waals surface area (Å²) in [7, 11) is 0. The number of hydrogen-bond donors (Lipinski definition) is 0. The summed E-state index contributed by atoms with van der Waals surface area (Å²) in [5.41, 5.74) is 3.10. The minimum atomic E-state index is 0.903. The molecule has 0 spiro atoms. The maximum Gasteiger partial charge on any atom is 0.125 e. The molecule has 90 valence electrons. The Morgan fingerprint density at radius 1 is 0.789 bits per heavy atom. The Labute approximate surface area is 111 Å². The van der Waals surface area contributed by atoms with Crippen LogP contribution in [0.1, 0.15) is 5.56 Å². The highest BCUT2D eigenvalue weighted by molar-refractivity contribution is 6.02. The van der Waals surface area contributed by atoms with E-state index in [1.165, 1.54) is 11.5 Å². The summed E-state index contributed by atoms with van der Waals surface area (Å²) in [4.78, 5) is 10.7. The lowest BCUT2D eigenvalue weighted by molar-refractivity contribution is 0.570. The Morgan fingerprint density at radius 3 is 2.32 bits per heavy atom. The quantitative estimate of drug-likeness (QED) is 0.612. The lowest BCUT2D eigenvalue weighted by Gasteiger charge is -2.10. The van der Waals surface area contributed by atoms with E-state index in [1.54, 1.807) is 0 Å². The zero-order valence-corrected chi connectivity index (χ0v) is 10.3. The second-order valence-electron chi connectivity index (χ2n) is 4.38. The molecule has 3 aromatic carbocycles. The van der Waals surface area contributed by atoms with E-state index in [1.807, 2.05) is 48.4 Å². The molecule has 0 aliphatic carbocycles. The Hall–Kier alpha value is -2.63. The van der Waals surface area contributed by atoms with Gasteiger partial charge in [0.2, 0.25) is 0 Å². The fraction of sp³-hybridized carbons (Fsp3) is 0. The Morgan fingerprint density at radius 2 is 1.53 bits per heavy atom. The maximum absolute atomic E-state index is 10.7. The lowest BCUT2D eigenvalue weighted by Crippen LogP contribution is -1.86. The number of benzene rings is 3. The maximum atomic E-state index is 10.7. The van der Waals surface area contributed by atoms with Gasteiger partial charge in [-0.15, -0.1) is 0 Å². The summed E-state index contributed by atoms with van der Waals surface area (Å²) >= 11 is 0. The SMILES string of the molecule is O=C=Cc1ccc2ccccc2c1-c1ccccc1. The summed E-state index contributed by atoms with van der Waals surface area (Å²) in [5, 5.41) is 2.32. The van der Waals surface area contributed by atoms with E-state index >= 15 is 0 Å². The van der Waals surface area contributed by atoms with Gasteiger partial charge in [-0.1, -0.05) is 66.7 Å². The molecule has 0 aliphatic rings. The third-order valence-electron chi connectivity index (χ3n) is 3.24. The van der Waals surface area contributed by atoms with Crippen molar-refractivity contribution in [3.63, 3.8) is 0 Å². The molecule has 1 nitrogen and oxygen atoms in total. The van der Waals surface area contributed by atoms with Crippen molar-refractivity contribution in [1.82, 2.24) is 0 Å². The molecule has 0 bridgehead atoms. The minimum Gasteiger partial charge on any atom is -0.233 e. The first-order valence-electron chi connectivity index (χ1n) is 6.18. The van der Waals surface area contributed by atoms with Crippen LogP contribution in [0.4, 0.5) is 0 Å². The van der Waals surface area contributed by atoms with Gasteiger partial charge >= 0.3 is 0 Å². The highest BCUT2D eigenvalue weighted by Gasteiger charge is 2.07. The van der Waals surface area contributed by atoms with Crippen LogP contribution in [0.25, 0.3) is 28.0 Å². The fourth-order valence-corrected chi connectivity index (χ4v) is 2.40. The van der Waals surface area contributed by atoms with Crippen LogP contribution in [0.3, 0.4) is 0 Å². The van der Waals surface area contributed by atoms with Gasteiger partial charge in [-0.25, -0.2) is 4.79 Å². The Kier molecular flexibility index (Phi) is 2.97. The van der Waals surface area contributed by atoms with E-state index in [4.69, 9.17) is 0 Å². The van der Waals surface area contributed by atoms with Gasteiger partial charge in [0, 0.05) is 6.08 Å². The van der Waals surface area contributed by atoms with Gasteiger partial charge < -0.3 is 0 Å². The van der Waals surface area contributed by atoms with Crippen molar-refractivity contribution >= 4 is 22.8 Å². The largest absolute Gasteiger partial charge is 0.233 e. The van der Waals surface area contributed by atoms with Gasteiger partial charge in [0.25, 0.3) is 0 Å². The van der Waals surface area contributed by atoms with E-state index in [0.717, 1.165) is 22.1 Å². The van der Waals surface area contributed by atoms with Crippen LogP contribution in [0.15, 0.2) is 66.7 Å². The van der Waals surface area contributed by atoms with E-state index in [2.05, 4.69) is 24.3 Å². The highest BCUT2D eigenvalue weighted by Crippen LogP contribution is 2.32. The lowest BCUT2D eigenvalue weighted by atomic mass is 9.93. The number of rotatable bonds is 2. The van der Waals surface area contributed by atoms with Crippen molar-refractivity contribution in [3.05, 3.63) is 72.3 Å². The van der Waals surface area contributed by atoms with Crippen molar-refractivity contribution < 1.29 is 4.79 Å². The summed E-state index contributed by atoms with van der Waals surface area (Å²) in [6.07, 6.45) is 1.49. The predicted molar refractivity (Wildman–Crippen MR) is 79.5 cm³/mol. The molecule has 0 atom stereocenters. The molecular weight excluding hydrogens is 232 g/mol. The normalized spacial score (nSPS) is 10.1. The topological polar surface area (TPSA) is 17.1 Å². The smallest absolute Gasteiger partial charge is 0.125 e. The van der Waals surface area contributed by atoms with E-state index < -0.39 is 0 Å².